The molecule has 1 aromatic carbocycles. The van der Waals surface area contributed by atoms with E-state index >= 15 is 0 Å². The molecule has 0 aliphatic rings. The highest BCUT2D eigenvalue weighted by molar-refractivity contribution is 5.79. The zero-order chi connectivity index (χ0) is 8.10. The number of rotatable bonds is 2. The molecule has 0 aliphatic carbocycles. The maximum absolute atomic E-state index is 4.15. The van der Waals surface area contributed by atoms with Gasteiger partial charge in [-0.3, -0.25) is 4.99 Å². The van der Waals surface area contributed by atoms with Crippen molar-refractivity contribution in [3.63, 3.8) is 0 Å². The summed E-state index contributed by atoms with van der Waals surface area (Å²) in [5.41, 5.74) is 2.47. The van der Waals surface area contributed by atoms with E-state index in [1.54, 1.807) is 0 Å². The summed E-state index contributed by atoms with van der Waals surface area (Å²) in [4.78, 5) is 4.15. The van der Waals surface area contributed by atoms with Crippen LogP contribution in [0.15, 0.2) is 29.3 Å². The Hall–Kier alpha value is -1.11. The van der Waals surface area contributed by atoms with Crippen LogP contribution in [-0.2, 0) is 0 Å². The van der Waals surface area contributed by atoms with Gasteiger partial charge >= 0.3 is 0 Å². The highest BCUT2D eigenvalue weighted by atomic mass is 14.7. The lowest BCUT2D eigenvalue weighted by Crippen LogP contribution is -1.81. The number of nitrogens with zero attached hydrogens (tertiary/aromatic N) is 1. The molecule has 1 heteroatoms. The fraction of sp³-hybridized carbons (Fsp3) is 0.300. The molecular formula is C10H13N. The summed E-state index contributed by atoms with van der Waals surface area (Å²) in [7, 11) is 0. The molecule has 11 heavy (non-hydrogen) atoms. The van der Waals surface area contributed by atoms with Crippen LogP contribution in [0.2, 0.25) is 0 Å². The van der Waals surface area contributed by atoms with Crippen LogP contribution >= 0.6 is 0 Å². The molecule has 0 heterocycles. The monoisotopic (exact) mass is 147 g/mol. The molecular weight excluding hydrogens is 134 g/mol. The Labute approximate surface area is 67.8 Å². The van der Waals surface area contributed by atoms with E-state index < -0.39 is 0 Å². The van der Waals surface area contributed by atoms with Crippen LogP contribution in [0.4, 0.5) is 0 Å². The van der Waals surface area contributed by atoms with Gasteiger partial charge in [0.1, 0.15) is 0 Å². The predicted octanol–water partition coefficient (Wildman–Crippen LogP) is 2.43. The maximum atomic E-state index is 4.15. The number of hydrogen-bond acceptors (Lipinski definition) is 1. The van der Waals surface area contributed by atoms with Gasteiger partial charge in [0, 0.05) is 12.8 Å². The molecule has 0 spiro atoms. The van der Waals surface area contributed by atoms with E-state index in [1.165, 1.54) is 11.1 Å². The first-order chi connectivity index (χ1) is 5.33. The third-order valence-corrected chi connectivity index (χ3v) is 1.50. The number of aliphatic imine (C=N–C) groups is 1. The Kier molecular flexibility index (Phi) is 2.84. The van der Waals surface area contributed by atoms with Crippen LogP contribution < -0.4 is 0 Å². The lowest BCUT2D eigenvalue weighted by Gasteiger charge is -1.92. The lowest BCUT2D eigenvalue weighted by molar-refractivity contribution is 1.14. The quantitative estimate of drug-likeness (QED) is 0.570. The van der Waals surface area contributed by atoms with Crippen molar-refractivity contribution in [2.45, 2.75) is 13.8 Å². The Morgan fingerprint density at radius 2 is 1.91 bits per heavy atom. The SMILES string of the molecule is CC/N=C/c1ccc(C)cc1. The molecule has 0 fully saturated rings. The van der Waals surface area contributed by atoms with Gasteiger partial charge in [-0.15, -0.1) is 0 Å². The molecule has 0 radical (unpaired) electrons. The molecule has 0 atom stereocenters. The molecule has 0 aromatic heterocycles. The fourth-order valence-corrected chi connectivity index (χ4v) is 0.849. The van der Waals surface area contributed by atoms with E-state index in [0.717, 1.165) is 6.54 Å². The normalized spacial score (nSPS) is 10.7. The van der Waals surface area contributed by atoms with E-state index in [9.17, 15) is 0 Å². The second kappa shape index (κ2) is 3.91. The lowest BCUT2D eigenvalue weighted by atomic mass is 10.2. The van der Waals surface area contributed by atoms with Crippen LogP contribution in [0, 0.1) is 6.92 Å². The van der Waals surface area contributed by atoms with Crippen LogP contribution in [0.3, 0.4) is 0 Å². The number of benzene rings is 1. The molecule has 1 aromatic rings. The third kappa shape index (κ3) is 2.54. The van der Waals surface area contributed by atoms with E-state index in [-0.39, 0.29) is 0 Å². The highest BCUT2D eigenvalue weighted by Gasteiger charge is 1.84. The van der Waals surface area contributed by atoms with Crippen LogP contribution in [0.25, 0.3) is 0 Å². The molecule has 0 amide bonds. The van der Waals surface area contributed by atoms with Crippen molar-refractivity contribution in [1.82, 2.24) is 0 Å². The molecule has 1 nitrogen and oxygen atoms in total. The van der Waals surface area contributed by atoms with Gasteiger partial charge < -0.3 is 0 Å². The van der Waals surface area contributed by atoms with Gasteiger partial charge in [-0.1, -0.05) is 29.8 Å². The summed E-state index contributed by atoms with van der Waals surface area (Å²) in [6, 6.07) is 8.34. The van der Waals surface area contributed by atoms with E-state index in [4.69, 9.17) is 0 Å². The number of aryl methyl sites for hydroxylation is 1. The predicted molar refractivity (Wildman–Crippen MR) is 49.3 cm³/mol. The van der Waals surface area contributed by atoms with Gasteiger partial charge in [0.05, 0.1) is 0 Å². The van der Waals surface area contributed by atoms with Gasteiger partial charge in [-0.2, -0.15) is 0 Å². The van der Waals surface area contributed by atoms with Crippen molar-refractivity contribution in [1.29, 1.82) is 0 Å². The summed E-state index contributed by atoms with van der Waals surface area (Å²) in [5.74, 6) is 0. The smallest absolute Gasteiger partial charge is 0.0361 e. The second-order valence-electron chi connectivity index (χ2n) is 2.54. The molecule has 0 unspecified atom stereocenters. The Morgan fingerprint density at radius 3 is 2.45 bits per heavy atom. The van der Waals surface area contributed by atoms with Gasteiger partial charge in [-0.05, 0) is 19.4 Å². The minimum Gasteiger partial charge on any atom is -0.293 e. The fourth-order valence-electron chi connectivity index (χ4n) is 0.849. The summed E-state index contributed by atoms with van der Waals surface area (Å²) in [6.07, 6.45) is 1.90. The van der Waals surface area contributed by atoms with Gasteiger partial charge in [-0.25, -0.2) is 0 Å². The maximum Gasteiger partial charge on any atom is 0.0361 e. The molecule has 58 valence electrons. The Morgan fingerprint density at radius 1 is 1.27 bits per heavy atom. The highest BCUT2D eigenvalue weighted by Crippen LogP contribution is 1.99. The second-order valence-corrected chi connectivity index (χ2v) is 2.54. The van der Waals surface area contributed by atoms with Crippen molar-refractivity contribution in [3.05, 3.63) is 35.4 Å². The summed E-state index contributed by atoms with van der Waals surface area (Å²) < 4.78 is 0. The third-order valence-electron chi connectivity index (χ3n) is 1.50. The molecule has 0 N–H and O–H groups in total. The average molecular weight is 147 g/mol. The summed E-state index contributed by atoms with van der Waals surface area (Å²) >= 11 is 0. The van der Waals surface area contributed by atoms with Crippen molar-refractivity contribution < 1.29 is 0 Å². The topological polar surface area (TPSA) is 12.4 Å². The molecule has 1 rings (SSSR count). The van der Waals surface area contributed by atoms with E-state index in [0.29, 0.717) is 0 Å². The first-order valence-electron chi connectivity index (χ1n) is 3.89. The average Bonchev–Trinajstić information content (AvgIpc) is 2.04. The van der Waals surface area contributed by atoms with E-state index in [2.05, 4.69) is 36.2 Å². The first-order valence-corrected chi connectivity index (χ1v) is 3.89. The van der Waals surface area contributed by atoms with Crippen molar-refractivity contribution in [3.8, 4) is 0 Å². The van der Waals surface area contributed by atoms with Crippen LogP contribution in [-0.4, -0.2) is 12.8 Å². The van der Waals surface area contributed by atoms with Crippen LogP contribution in [0.1, 0.15) is 18.1 Å². The van der Waals surface area contributed by atoms with Gasteiger partial charge in [0.15, 0.2) is 0 Å². The zero-order valence-electron chi connectivity index (χ0n) is 7.04. The Bertz CT molecular complexity index is 234. The van der Waals surface area contributed by atoms with Crippen LogP contribution in [0.5, 0.6) is 0 Å². The van der Waals surface area contributed by atoms with E-state index in [1.807, 2.05) is 13.1 Å². The Balaban J connectivity index is 2.73. The summed E-state index contributed by atoms with van der Waals surface area (Å²) in [6.45, 7) is 4.97. The minimum absolute atomic E-state index is 0.855. The minimum atomic E-state index is 0.855. The zero-order valence-corrected chi connectivity index (χ0v) is 7.04. The first kappa shape index (κ1) is 7.99. The summed E-state index contributed by atoms with van der Waals surface area (Å²) in [5, 5.41) is 0. The number of hydrogen-bond donors (Lipinski definition) is 0. The standard InChI is InChI=1S/C10H13N/c1-3-11-8-10-6-4-9(2)5-7-10/h4-8H,3H2,1-2H3/b11-8+. The molecule has 0 bridgehead atoms. The molecule has 0 saturated carbocycles. The van der Waals surface area contributed by atoms with Gasteiger partial charge in [0.25, 0.3) is 0 Å². The van der Waals surface area contributed by atoms with Crippen molar-refractivity contribution >= 4 is 6.21 Å². The largest absolute Gasteiger partial charge is 0.293 e. The molecule has 0 saturated heterocycles. The molecule has 0 aliphatic heterocycles. The van der Waals surface area contributed by atoms with Gasteiger partial charge in [0.2, 0.25) is 0 Å². The van der Waals surface area contributed by atoms with Crippen molar-refractivity contribution in [2.75, 3.05) is 6.54 Å². The van der Waals surface area contributed by atoms with Crippen molar-refractivity contribution in [2.24, 2.45) is 4.99 Å².